The van der Waals surface area contributed by atoms with Crippen molar-refractivity contribution in [3.8, 4) is 0 Å². The molecule has 0 aliphatic carbocycles. The third-order valence-corrected chi connectivity index (χ3v) is 3.14. The van der Waals surface area contributed by atoms with Crippen molar-refractivity contribution in [2.24, 2.45) is 5.73 Å². The van der Waals surface area contributed by atoms with Gasteiger partial charge in [-0.25, -0.2) is 0 Å². The second-order valence-corrected chi connectivity index (χ2v) is 5.24. The lowest BCUT2D eigenvalue weighted by Gasteiger charge is -2.12. The molecule has 1 amide bonds. The van der Waals surface area contributed by atoms with Crippen LogP contribution in [0.5, 0.6) is 0 Å². The van der Waals surface area contributed by atoms with E-state index in [0.717, 1.165) is 28.2 Å². The molecule has 21 heavy (non-hydrogen) atoms. The zero-order valence-electron chi connectivity index (χ0n) is 11.9. The fourth-order valence-corrected chi connectivity index (χ4v) is 2.14. The molecule has 4 nitrogen and oxygen atoms in total. The summed E-state index contributed by atoms with van der Waals surface area (Å²) in [6.45, 7) is 3.47. The van der Waals surface area contributed by atoms with Crippen molar-refractivity contribution in [1.82, 2.24) is 0 Å². The van der Waals surface area contributed by atoms with Gasteiger partial charge in [-0.15, -0.1) is 0 Å². The summed E-state index contributed by atoms with van der Waals surface area (Å²) in [7, 11) is 0. The second kappa shape index (κ2) is 6.37. The fourth-order valence-electron chi connectivity index (χ4n) is 1.97. The summed E-state index contributed by atoms with van der Waals surface area (Å²) in [6, 6.07) is 13.3. The number of benzene rings is 2. The quantitative estimate of drug-likeness (QED) is 0.758. The fraction of sp³-hybridized carbons (Fsp3) is 0.125. The highest BCUT2D eigenvalue weighted by Gasteiger charge is 2.06. The van der Waals surface area contributed by atoms with Gasteiger partial charge in [0.2, 0.25) is 5.91 Å². The van der Waals surface area contributed by atoms with Crippen molar-refractivity contribution in [3.05, 3.63) is 53.6 Å². The van der Waals surface area contributed by atoms with Crippen molar-refractivity contribution >= 4 is 40.2 Å². The third-order valence-electron chi connectivity index (χ3n) is 2.92. The number of carbonyl (C=O) groups is 1. The van der Waals surface area contributed by atoms with Crippen LogP contribution >= 0.6 is 12.2 Å². The average molecular weight is 299 g/mol. The first-order chi connectivity index (χ1) is 9.95. The number of hydrogen-bond donors (Lipinski definition) is 3. The Bertz CT molecular complexity index is 680. The predicted octanol–water partition coefficient (Wildman–Crippen LogP) is 3.33. The molecule has 2 aromatic rings. The van der Waals surface area contributed by atoms with E-state index in [9.17, 15) is 4.79 Å². The number of nitrogens with one attached hydrogen (secondary N) is 2. The van der Waals surface area contributed by atoms with Gasteiger partial charge in [-0.1, -0.05) is 23.8 Å². The maximum atomic E-state index is 11.0. The Balaban J connectivity index is 2.22. The SMILES string of the molecule is CC(=O)Nc1ccc(Nc2ccc(C)cc2C(N)=S)cc1. The van der Waals surface area contributed by atoms with Crippen LogP contribution in [0, 0.1) is 6.92 Å². The Labute approximate surface area is 129 Å². The van der Waals surface area contributed by atoms with Gasteiger partial charge in [0.05, 0.1) is 0 Å². The van der Waals surface area contributed by atoms with E-state index in [1.807, 2.05) is 49.4 Å². The smallest absolute Gasteiger partial charge is 0.221 e. The van der Waals surface area contributed by atoms with Crippen LogP contribution in [0.1, 0.15) is 18.1 Å². The van der Waals surface area contributed by atoms with Crippen LogP contribution < -0.4 is 16.4 Å². The summed E-state index contributed by atoms with van der Waals surface area (Å²) < 4.78 is 0. The van der Waals surface area contributed by atoms with Crippen molar-refractivity contribution in [2.45, 2.75) is 13.8 Å². The molecule has 5 heteroatoms. The number of carbonyl (C=O) groups excluding carboxylic acids is 1. The van der Waals surface area contributed by atoms with E-state index < -0.39 is 0 Å². The number of anilines is 3. The molecule has 2 aromatic carbocycles. The molecular weight excluding hydrogens is 282 g/mol. The number of rotatable bonds is 4. The number of nitrogens with two attached hydrogens (primary N) is 1. The van der Waals surface area contributed by atoms with Crippen LogP contribution in [0.2, 0.25) is 0 Å². The Kier molecular flexibility index (Phi) is 4.55. The van der Waals surface area contributed by atoms with Crippen molar-refractivity contribution in [3.63, 3.8) is 0 Å². The Morgan fingerprint density at radius 2 is 1.71 bits per heavy atom. The molecule has 4 N–H and O–H groups in total. The van der Waals surface area contributed by atoms with Crippen LogP contribution in [0.4, 0.5) is 17.1 Å². The molecule has 0 aliphatic rings. The highest BCUT2D eigenvalue weighted by molar-refractivity contribution is 7.80. The van der Waals surface area contributed by atoms with Gasteiger partial charge < -0.3 is 16.4 Å². The summed E-state index contributed by atoms with van der Waals surface area (Å²) in [5.74, 6) is -0.0926. The zero-order chi connectivity index (χ0) is 15.4. The summed E-state index contributed by atoms with van der Waals surface area (Å²) >= 11 is 5.08. The van der Waals surface area contributed by atoms with Gasteiger partial charge in [-0.2, -0.15) is 0 Å². The van der Waals surface area contributed by atoms with Gasteiger partial charge in [0.15, 0.2) is 0 Å². The standard InChI is InChI=1S/C16H17N3OS/c1-10-3-8-15(14(9-10)16(17)21)19-13-6-4-12(5-7-13)18-11(2)20/h3-9,19H,1-2H3,(H2,17,21)(H,18,20). The Hall–Kier alpha value is -2.40. The summed E-state index contributed by atoms with van der Waals surface area (Å²) in [6.07, 6.45) is 0. The van der Waals surface area contributed by atoms with Crippen LogP contribution in [0.25, 0.3) is 0 Å². The average Bonchev–Trinajstić information content (AvgIpc) is 2.42. The van der Waals surface area contributed by atoms with Gasteiger partial charge in [-0.3, -0.25) is 4.79 Å². The first-order valence-corrected chi connectivity index (χ1v) is 6.91. The monoisotopic (exact) mass is 299 g/mol. The first-order valence-electron chi connectivity index (χ1n) is 6.51. The van der Waals surface area contributed by atoms with E-state index in [1.165, 1.54) is 6.92 Å². The predicted molar refractivity (Wildman–Crippen MR) is 91.1 cm³/mol. The summed E-state index contributed by atoms with van der Waals surface area (Å²) in [4.78, 5) is 11.3. The number of aryl methyl sites for hydroxylation is 1. The van der Waals surface area contributed by atoms with E-state index in [0.29, 0.717) is 4.99 Å². The lowest BCUT2D eigenvalue weighted by molar-refractivity contribution is -0.114. The van der Waals surface area contributed by atoms with E-state index in [2.05, 4.69) is 10.6 Å². The second-order valence-electron chi connectivity index (χ2n) is 4.80. The van der Waals surface area contributed by atoms with Crippen molar-refractivity contribution < 1.29 is 4.79 Å². The number of hydrogen-bond acceptors (Lipinski definition) is 3. The summed E-state index contributed by atoms with van der Waals surface area (Å²) in [5, 5.41) is 6.01. The highest BCUT2D eigenvalue weighted by atomic mass is 32.1. The number of thiocarbonyl (C=S) groups is 1. The van der Waals surface area contributed by atoms with Crippen LogP contribution in [0.15, 0.2) is 42.5 Å². The lowest BCUT2D eigenvalue weighted by atomic mass is 10.1. The molecule has 0 heterocycles. The van der Waals surface area contributed by atoms with E-state index in [4.69, 9.17) is 18.0 Å². The maximum absolute atomic E-state index is 11.0. The molecule has 0 bridgehead atoms. The maximum Gasteiger partial charge on any atom is 0.221 e. The molecule has 0 radical (unpaired) electrons. The van der Waals surface area contributed by atoms with Crippen molar-refractivity contribution in [2.75, 3.05) is 10.6 Å². The van der Waals surface area contributed by atoms with Crippen LogP contribution in [-0.4, -0.2) is 10.9 Å². The minimum Gasteiger partial charge on any atom is -0.389 e. The van der Waals surface area contributed by atoms with Gasteiger partial charge in [-0.05, 0) is 43.3 Å². The normalized spacial score (nSPS) is 10.0. The van der Waals surface area contributed by atoms with Crippen LogP contribution in [0.3, 0.4) is 0 Å². The highest BCUT2D eigenvalue weighted by Crippen LogP contribution is 2.23. The minimum absolute atomic E-state index is 0.0926. The van der Waals surface area contributed by atoms with Gasteiger partial charge in [0.25, 0.3) is 0 Å². The molecule has 0 spiro atoms. The van der Waals surface area contributed by atoms with E-state index in [1.54, 1.807) is 0 Å². The largest absolute Gasteiger partial charge is 0.389 e. The molecule has 0 saturated heterocycles. The van der Waals surface area contributed by atoms with Crippen molar-refractivity contribution in [1.29, 1.82) is 0 Å². The Morgan fingerprint density at radius 3 is 2.29 bits per heavy atom. The van der Waals surface area contributed by atoms with Crippen LogP contribution in [-0.2, 0) is 4.79 Å². The molecular formula is C16H17N3OS. The summed E-state index contributed by atoms with van der Waals surface area (Å²) in [5.41, 5.74) is 10.2. The molecule has 0 aliphatic heterocycles. The van der Waals surface area contributed by atoms with E-state index in [-0.39, 0.29) is 5.91 Å². The zero-order valence-corrected chi connectivity index (χ0v) is 12.8. The van der Waals surface area contributed by atoms with E-state index >= 15 is 0 Å². The molecule has 0 fully saturated rings. The lowest BCUT2D eigenvalue weighted by Crippen LogP contribution is -2.12. The minimum atomic E-state index is -0.0926. The third kappa shape index (κ3) is 4.03. The number of amides is 1. The molecule has 0 atom stereocenters. The molecule has 2 rings (SSSR count). The topological polar surface area (TPSA) is 67.2 Å². The first kappa shape index (κ1) is 15.0. The Morgan fingerprint density at radius 1 is 1.10 bits per heavy atom. The molecule has 0 saturated carbocycles. The van der Waals surface area contributed by atoms with Gasteiger partial charge in [0, 0.05) is 29.5 Å². The van der Waals surface area contributed by atoms with Gasteiger partial charge in [0.1, 0.15) is 4.99 Å². The molecule has 0 aromatic heterocycles. The molecule has 0 unspecified atom stereocenters. The molecule has 108 valence electrons. The van der Waals surface area contributed by atoms with Gasteiger partial charge >= 0.3 is 0 Å².